The second-order valence-corrected chi connectivity index (χ2v) is 10.5. The van der Waals surface area contributed by atoms with E-state index >= 15 is 0 Å². The maximum absolute atomic E-state index is 8.94. The Morgan fingerprint density at radius 2 is 1.94 bits per heavy atom. The maximum Gasteiger partial charge on any atom is 0.189 e. The van der Waals surface area contributed by atoms with Crippen LogP contribution in [-0.2, 0) is 5.41 Å². The Morgan fingerprint density at radius 1 is 1.14 bits per heavy atom. The van der Waals surface area contributed by atoms with Gasteiger partial charge in [-0.3, -0.25) is 0 Å². The van der Waals surface area contributed by atoms with E-state index in [1.165, 1.54) is 24.3 Å². The van der Waals surface area contributed by atoms with Crippen LogP contribution in [0.4, 0.5) is 5.00 Å². The van der Waals surface area contributed by atoms with Crippen LogP contribution in [0.1, 0.15) is 43.7 Å². The van der Waals surface area contributed by atoms with Crippen molar-refractivity contribution in [2.24, 2.45) is 5.11 Å². The van der Waals surface area contributed by atoms with Crippen molar-refractivity contribution in [3.63, 3.8) is 0 Å². The van der Waals surface area contributed by atoms with Gasteiger partial charge in [-0.2, -0.15) is 9.61 Å². The van der Waals surface area contributed by atoms with E-state index in [1.807, 2.05) is 38.1 Å². The van der Waals surface area contributed by atoms with Gasteiger partial charge in [0.1, 0.15) is 5.75 Å². The number of thiophene rings is 1. The number of rotatable bonds is 7. The van der Waals surface area contributed by atoms with Gasteiger partial charge >= 0.3 is 0 Å². The fourth-order valence-corrected chi connectivity index (χ4v) is 5.56. The monoisotopic (exact) mass is 488 g/mol. The second-order valence-electron chi connectivity index (χ2n) is 9.36. The number of azide groups is 1. The second kappa shape index (κ2) is 9.56. The van der Waals surface area contributed by atoms with E-state index in [9.17, 15) is 0 Å². The highest BCUT2D eigenvalue weighted by molar-refractivity contribution is 7.16. The predicted octanol–water partition coefficient (Wildman–Crippen LogP) is 4.99. The number of methoxy groups -OCH3 is 1. The molecule has 0 radical (unpaired) electrons. The lowest BCUT2D eigenvalue weighted by Gasteiger charge is -2.27. The predicted molar refractivity (Wildman–Crippen MR) is 139 cm³/mol. The Bertz CT molecular complexity index is 1440. The van der Waals surface area contributed by atoms with Gasteiger partial charge in [0.05, 0.1) is 23.4 Å². The summed E-state index contributed by atoms with van der Waals surface area (Å²) >= 11 is 1.78. The number of hydrogen-bond donors (Lipinski definition) is 0. The summed E-state index contributed by atoms with van der Waals surface area (Å²) in [6, 6.07) is 12.1. The summed E-state index contributed by atoms with van der Waals surface area (Å²) in [5, 5.41) is 20.0. The van der Waals surface area contributed by atoms with E-state index in [2.05, 4.69) is 43.3 Å². The first-order valence-electron chi connectivity index (χ1n) is 11.8. The normalized spacial score (nSPS) is 14.9. The first-order chi connectivity index (χ1) is 17.0. The van der Waals surface area contributed by atoms with Crippen molar-refractivity contribution in [2.75, 3.05) is 31.6 Å². The third-order valence-corrected chi connectivity index (χ3v) is 7.51. The van der Waals surface area contributed by atoms with Crippen molar-refractivity contribution < 1.29 is 4.74 Å². The molecule has 1 aliphatic rings. The van der Waals surface area contributed by atoms with Crippen LogP contribution in [0.5, 0.6) is 5.75 Å². The summed E-state index contributed by atoms with van der Waals surface area (Å²) in [7, 11) is 1.64. The molecule has 0 unspecified atom stereocenters. The van der Waals surface area contributed by atoms with Crippen LogP contribution in [0.15, 0.2) is 41.5 Å². The summed E-state index contributed by atoms with van der Waals surface area (Å²) in [5.41, 5.74) is 10.7. The summed E-state index contributed by atoms with van der Waals surface area (Å²) in [4.78, 5) is 6.57. The summed E-state index contributed by atoms with van der Waals surface area (Å²) in [6.45, 7) is 6.57. The van der Waals surface area contributed by atoms with Gasteiger partial charge in [0, 0.05) is 40.1 Å². The third kappa shape index (κ3) is 4.42. The minimum Gasteiger partial charge on any atom is -0.496 e. The van der Waals surface area contributed by atoms with Crippen LogP contribution >= 0.6 is 11.3 Å². The fraction of sp³-hybridized carbons (Fsp3) is 0.400. The minimum atomic E-state index is -0.496. The molecule has 1 saturated heterocycles. The molecular formula is C25H28N8OS. The summed E-state index contributed by atoms with van der Waals surface area (Å²) in [6.07, 6.45) is 5.93. The molecule has 4 aromatic rings. The Hall–Kier alpha value is -3.62. The fourth-order valence-electron chi connectivity index (χ4n) is 4.56. The number of fused-ring (bicyclic) bond motifs is 1. The van der Waals surface area contributed by atoms with Crippen molar-refractivity contribution in [3.05, 3.63) is 62.6 Å². The summed E-state index contributed by atoms with van der Waals surface area (Å²) < 4.78 is 7.33. The van der Waals surface area contributed by atoms with Crippen molar-refractivity contribution in [3.8, 4) is 17.1 Å². The van der Waals surface area contributed by atoms with E-state index in [1.54, 1.807) is 23.0 Å². The smallest absolute Gasteiger partial charge is 0.189 e. The molecule has 4 heterocycles. The Labute approximate surface area is 207 Å². The summed E-state index contributed by atoms with van der Waals surface area (Å²) in [5.74, 6) is 1.31. The van der Waals surface area contributed by atoms with Gasteiger partial charge in [-0.05, 0) is 55.1 Å². The van der Waals surface area contributed by atoms with Crippen molar-refractivity contribution >= 4 is 28.1 Å². The zero-order chi connectivity index (χ0) is 24.4. The number of nitrogens with zero attached hydrogens (tertiary/aromatic N) is 8. The number of ether oxygens (including phenoxy) is 1. The molecule has 5 rings (SSSR count). The van der Waals surface area contributed by atoms with Crippen LogP contribution in [0.25, 0.3) is 33.6 Å². The Morgan fingerprint density at radius 3 is 2.71 bits per heavy atom. The van der Waals surface area contributed by atoms with Crippen molar-refractivity contribution in [1.82, 2.24) is 19.8 Å². The van der Waals surface area contributed by atoms with Gasteiger partial charge in [-0.25, -0.2) is 0 Å². The first-order valence-corrected chi connectivity index (χ1v) is 12.6. The molecule has 0 bridgehead atoms. The highest BCUT2D eigenvalue weighted by atomic mass is 32.1. The number of para-hydroxylation sites is 1. The molecule has 0 aliphatic carbocycles. The van der Waals surface area contributed by atoms with E-state index in [4.69, 9.17) is 15.4 Å². The molecule has 1 fully saturated rings. The van der Waals surface area contributed by atoms with Gasteiger partial charge in [-0.1, -0.05) is 31.1 Å². The zero-order valence-corrected chi connectivity index (χ0v) is 21.0. The van der Waals surface area contributed by atoms with E-state index in [0.29, 0.717) is 17.2 Å². The zero-order valence-electron chi connectivity index (χ0n) is 20.2. The van der Waals surface area contributed by atoms with Gasteiger partial charge in [-0.15, -0.1) is 21.5 Å². The van der Waals surface area contributed by atoms with Crippen LogP contribution in [-0.4, -0.2) is 46.6 Å². The molecule has 0 spiro atoms. The number of piperidine rings is 1. The molecule has 0 saturated carbocycles. The van der Waals surface area contributed by atoms with Gasteiger partial charge in [0.2, 0.25) is 0 Å². The van der Waals surface area contributed by atoms with E-state index in [-0.39, 0.29) is 6.54 Å². The molecule has 35 heavy (non-hydrogen) atoms. The molecule has 0 atom stereocenters. The van der Waals surface area contributed by atoms with Crippen LogP contribution < -0.4 is 14.9 Å². The molecule has 180 valence electrons. The van der Waals surface area contributed by atoms with E-state index < -0.39 is 5.41 Å². The molecule has 1 aliphatic heterocycles. The maximum atomic E-state index is 8.94. The molecule has 0 N–H and O–H groups in total. The van der Waals surface area contributed by atoms with Crippen molar-refractivity contribution in [1.29, 1.82) is 0 Å². The van der Waals surface area contributed by atoms with E-state index in [0.717, 1.165) is 34.4 Å². The topological polar surface area (TPSA) is 104 Å². The SMILES string of the molecule is COc1ccccc1-c1nnc2/c(=C\c3ccc(N4CCCCC4)s3)c(C(C)(C)CN=[N+]=[N-])nn12. The average molecular weight is 489 g/mol. The van der Waals surface area contributed by atoms with Crippen LogP contribution in [0.3, 0.4) is 0 Å². The standard InChI is InChI=1S/C25H28N8OS/c1-25(2,16-27-31-26)22-19(15-17-11-12-21(35-17)32-13-7-4-8-14-32)24-29-28-23(33(24)30-22)18-9-5-6-10-20(18)34-3/h5-6,9-12,15H,4,7-8,13-14,16H2,1-3H3/b19-15-. The Kier molecular flexibility index (Phi) is 6.32. The van der Waals surface area contributed by atoms with Gasteiger partial charge in [0.15, 0.2) is 11.5 Å². The number of anilines is 1. The molecule has 9 nitrogen and oxygen atoms in total. The van der Waals surface area contributed by atoms with Crippen LogP contribution in [0, 0.1) is 0 Å². The quantitative estimate of drug-likeness (QED) is 0.207. The van der Waals surface area contributed by atoms with Gasteiger partial charge < -0.3 is 9.64 Å². The largest absolute Gasteiger partial charge is 0.496 e. The molecular weight excluding hydrogens is 460 g/mol. The lowest BCUT2D eigenvalue weighted by atomic mass is 9.88. The third-order valence-electron chi connectivity index (χ3n) is 6.42. The average Bonchev–Trinajstić information content (AvgIpc) is 3.60. The highest BCUT2D eigenvalue weighted by Gasteiger charge is 2.28. The van der Waals surface area contributed by atoms with Crippen LogP contribution in [0.2, 0.25) is 0 Å². The first kappa shape index (κ1) is 23.1. The number of hydrogen-bond acceptors (Lipinski definition) is 7. The molecule has 0 amide bonds. The number of benzene rings is 1. The minimum absolute atomic E-state index is 0.283. The highest BCUT2D eigenvalue weighted by Crippen LogP contribution is 2.31. The number of aromatic nitrogens is 4. The molecule has 3 aromatic heterocycles. The molecule has 10 heteroatoms. The van der Waals surface area contributed by atoms with Gasteiger partial charge in [0.25, 0.3) is 0 Å². The van der Waals surface area contributed by atoms with Crippen molar-refractivity contribution in [2.45, 2.75) is 38.5 Å². The Balaban J connectivity index is 1.67. The lowest BCUT2D eigenvalue weighted by molar-refractivity contribution is 0.416. The lowest BCUT2D eigenvalue weighted by Crippen LogP contribution is -2.28. The molecule has 1 aromatic carbocycles.